The molecule has 0 spiro atoms. The minimum Gasteiger partial charge on any atom is -0.378 e. The van der Waals surface area contributed by atoms with Crippen molar-refractivity contribution in [3.05, 3.63) is 64.6 Å². The van der Waals surface area contributed by atoms with E-state index >= 15 is 0 Å². The zero-order chi connectivity index (χ0) is 20.8. The summed E-state index contributed by atoms with van der Waals surface area (Å²) in [5.74, 6) is -4.42. The summed E-state index contributed by atoms with van der Waals surface area (Å²) in [5.41, 5.74) is 6.10. The lowest BCUT2D eigenvalue weighted by Gasteiger charge is -2.14. The Morgan fingerprint density at radius 3 is 2.83 bits per heavy atom. The molecule has 8 nitrogen and oxygen atoms in total. The summed E-state index contributed by atoms with van der Waals surface area (Å²) >= 11 is 0. The molecule has 2 aromatic heterocycles. The predicted molar refractivity (Wildman–Crippen MR) is 97.4 cm³/mol. The third-order valence-electron chi connectivity index (χ3n) is 4.85. The number of fused-ring (bicyclic) bond motifs is 2. The van der Waals surface area contributed by atoms with Crippen LogP contribution in [0.1, 0.15) is 50.1 Å². The number of aromatic nitrogens is 3. The molecule has 1 aromatic carbocycles. The summed E-state index contributed by atoms with van der Waals surface area (Å²) in [6, 6.07) is 6.63. The van der Waals surface area contributed by atoms with E-state index in [9.17, 15) is 18.4 Å². The Kier molecular flexibility index (Phi) is 4.50. The van der Waals surface area contributed by atoms with Crippen LogP contribution in [0, 0.1) is 0 Å². The van der Waals surface area contributed by atoms with Crippen LogP contribution in [0.4, 0.5) is 8.78 Å². The quantitative estimate of drug-likeness (QED) is 0.679. The van der Waals surface area contributed by atoms with Crippen molar-refractivity contribution in [1.29, 1.82) is 0 Å². The lowest BCUT2D eigenvalue weighted by atomic mass is 10.1. The van der Waals surface area contributed by atoms with E-state index in [-0.39, 0.29) is 34.8 Å². The van der Waals surface area contributed by atoms with Crippen LogP contribution in [-0.2, 0) is 17.3 Å². The largest absolute Gasteiger partial charge is 0.378 e. The number of carbonyl (C=O) groups excluding carboxylic acids is 2. The molecule has 1 atom stereocenters. The van der Waals surface area contributed by atoms with Gasteiger partial charge in [0.25, 0.3) is 17.7 Å². The number of nitrogens with two attached hydrogens (primary N) is 1. The fourth-order valence-electron chi connectivity index (χ4n) is 3.62. The van der Waals surface area contributed by atoms with Gasteiger partial charge >= 0.3 is 0 Å². The van der Waals surface area contributed by atoms with Crippen LogP contribution in [0.2, 0.25) is 0 Å². The number of benzene rings is 1. The molecule has 2 heterocycles. The summed E-state index contributed by atoms with van der Waals surface area (Å²) in [5, 5.41) is 6.85. The fraction of sp³-hybridized carbons (Fsp3) is 0.263. The summed E-state index contributed by atoms with van der Waals surface area (Å²) in [7, 11) is 1.42. The van der Waals surface area contributed by atoms with E-state index in [1.165, 1.54) is 36.0 Å². The van der Waals surface area contributed by atoms with Gasteiger partial charge in [-0.2, -0.15) is 5.10 Å². The Morgan fingerprint density at radius 1 is 1.34 bits per heavy atom. The Bertz CT molecular complexity index is 1130. The third-order valence-corrected chi connectivity index (χ3v) is 4.85. The number of ether oxygens (including phenoxy) is 1. The molecule has 4 rings (SSSR count). The second kappa shape index (κ2) is 6.89. The van der Waals surface area contributed by atoms with Gasteiger partial charge in [0.1, 0.15) is 17.0 Å². The predicted octanol–water partition coefficient (Wildman–Crippen LogP) is 1.94. The summed E-state index contributed by atoms with van der Waals surface area (Å²) < 4.78 is 34.8. The normalized spacial score (nSPS) is 17.3. The van der Waals surface area contributed by atoms with Gasteiger partial charge in [0.05, 0.1) is 12.6 Å². The molecule has 2 amide bonds. The summed E-state index contributed by atoms with van der Waals surface area (Å²) in [6.07, 6.45) is 0.791. The number of carbonyl (C=O) groups is 2. The molecule has 3 aromatic rings. The number of rotatable bonds is 5. The summed E-state index contributed by atoms with van der Waals surface area (Å²) in [4.78, 5) is 28.8. The number of hydrogen-bond donors (Lipinski definition) is 2. The molecule has 0 unspecified atom stereocenters. The van der Waals surface area contributed by atoms with Gasteiger partial charge in [-0.25, -0.2) is 18.3 Å². The lowest BCUT2D eigenvalue weighted by Crippen LogP contribution is -2.29. The van der Waals surface area contributed by atoms with Crippen molar-refractivity contribution in [1.82, 2.24) is 19.9 Å². The molecule has 0 saturated carbocycles. The van der Waals surface area contributed by atoms with E-state index in [2.05, 4.69) is 15.4 Å². The highest BCUT2D eigenvalue weighted by atomic mass is 19.3. The first kappa shape index (κ1) is 18.9. The van der Waals surface area contributed by atoms with Crippen LogP contribution in [0.5, 0.6) is 0 Å². The number of halogens is 2. The van der Waals surface area contributed by atoms with Crippen molar-refractivity contribution in [2.75, 3.05) is 7.11 Å². The molecule has 0 saturated heterocycles. The molecule has 150 valence electrons. The van der Waals surface area contributed by atoms with Crippen molar-refractivity contribution in [2.24, 2.45) is 5.73 Å². The second-order valence-electron chi connectivity index (χ2n) is 6.71. The minimum atomic E-state index is -3.03. The highest BCUT2D eigenvalue weighted by molar-refractivity contribution is 6.01. The maximum absolute atomic E-state index is 14.3. The Morgan fingerprint density at radius 2 is 2.10 bits per heavy atom. The number of alkyl halides is 2. The number of primary amides is 1. The van der Waals surface area contributed by atoms with Crippen LogP contribution in [-0.4, -0.2) is 33.5 Å². The molecule has 0 fully saturated rings. The van der Waals surface area contributed by atoms with Gasteiger partial charge in [-0.05, 0) is 11.6 Å². The maximum atomic E-state index is 14.3. The van der Waals surface area contributed by atoms with Crippen LogP contribution < -0.4 is 11.1 Å². The Balaban J connectivity index is 1.72. The first-order valence-electron chi connectivity index (χ1n) is 8.77. The Labute approximate surface area is 163 Å². The van der Waals surface area contributed by atoms with E-state index < -0.39 is 30.2 Å². The fourth-order valence-corrected chi connectivity index (χ4v) is 3.62. The summed E-state index contributed by atoms with van der Waals surface area (Å²) in [6.45, 7) is -0.00901. The second-order valence-corrected chi connectivity index (χ2v) is 6.71. The first-order valence-corrected chi connectivity index (χ1v) is 8.77. The smallest absolute Gasteiger partial charge is 0.275 e. The van der Waals surface area contributed by atoms with Crippen LogP contribution >= 0.6 is 0 Å². The number of methoxy groups -OCH3 is 1. The molecular weight excluding hydrogens is 384 g/mol. The zero-order valence-electron chi connectivity index (χ0n) is 15.4. The number of amides is 2. The lowest BCUT2D eigenvalue weighted by molar-refractivity contribution is -0.00846. The van der Waals surface area contributed by atoms with Crippen molar-refractivity contribution >= 4 is 17.5 Å². The Hall–Kier alpha value is -3.40. The standard InChI is InChI=1S/C19H17F2N5O3/c1-29-9-13-15(16(22)27)17-23-7-6-14(26(17)25-13)18(28)24-12-8-19(20,21)11-5-3-2-4-10(11)12/h2-7,12H,8-9H2,1H3,(H2,22,27)(H,24,28)/t12-/m1/s1. The van der Waals surface area contributed by atoms with Gasteiger partial charge in [0, 0.05) is 25.3 Å². The van der Waals surface area contributed by atoms with Crippen molar-refractivity contribution in [2.45, 2.75) is 25.0 Å². The highest BCUT2D eigenvalue weighted by Gasteiger charge is 2.45. The van der Waals surface area contributed by atoms with Gasteiger partial charge < -0.3 is 15.8 Å². The van der Waals surface area contributed by atoms with E-state index in [1.807, 2.05) is 0 Å². The molecule has 10 heteroatoms. The number of nitrogens with zero attached hydrogens (tertiary/aromatic N) is 3. The third kappa shape index (κ3) is 3.11. The average molecular weight is 401 g/mol. The van der Waals surface area contributed by atoms with Gasteiger partial charge in [-0.3, -0.25) is 9.59 Å². The molecule has 29 heavy (non-hydrogen) atoms. The first-order chi connectivity index (χ1) is 13.8. The van der Waals surface area contributed by atoms with Gasteiger partial charge in [-0.1, -0.05) is 24.3 Å². The molecule has 1 aliphatic rings. The van der Waals surface area contributed by atoms with E-state index in [4.69, 9.17) is 10.5 Å². The average Bonchev–Trinajstić information content (AvgIpc) is 3.17. The van der Waals surface area contributed by atoms with Crippen LogP contribution in [0.3, 0.4) is 0 Å². The monoisotopic (exact) mass is 401 g/mol. The van der Waals surface area contributed by atoms with E-state index in [0.29, 0.717) is 5.56 Å². The van der Waals surface area contributed by atoms with Gasteiger partial charge in [0.2, 0.25) is 0 Å². The topological polar surface area (TPSA) is 112 Å². The van der Waals surface area contributed by atoms with E-state index in [0.717, 1.165) is 0 Å². The van der Waals surface area contributed by atoms with Crippen molar-refractivity contribution < 1.29 is 23.1 Å². The van der Waals surface area contributed by atoms with Gasteiger partial charge in [0.15, 0.2) is 5.65 Å². The van der Waals surface area contributed by atoms with Crippen molar-refractivity contribution in [3.8, 4) is 0 Å². The maximum Gasteiger partial charge on any atom is 0.275 e. The molecule has 3 N–H and O–H groups in total. The number of hydrogen-bond acceptors (Lipinski definition) is 5. The molecule has 0 aliphatic heterocycles. The molecular formula is C19H17F2N5O3. The van der Waals surface area contributed by atoms with Gasteiger partial charge in [-0.15, -0.1) is 0 Å². The zero-order valence-corrected chi connectivity index (χ0v) is 15.4. The molecule has 0 bridgehead atoms. The SMILES string of the molecule is COCc1nn2c(C(=O)N[C@@H]3CC(F)(F)c4ccccc43)ccnc2c1C(N)=O. The van der Waals surface area contributed by atoms with Crippen molar-refractivity contribution in [3.63, 3.8) is 0 Å². The minimum absolute atomic E-state index is 0.00901. The molecule has 1 aliphatic carbocycles. The molecule has 0 radical (unpaired) electrons. The highest BCUT2D eigenvalue weighted by Crippen LogP contribution is 2.47. The van der Waals surface area contributed by atoms with E-state index in [1.54, 1.807) is 12.1 Å². The number of nitrogens with one attached hydrogen (secondary N) is 1. The van der Waals surface area contributed by atoms with Crippen LogP contribution in [0.25, 0.3) is 5.65 Å². The van der Waals surface area contributed by atoms with Crippen LogP contribution in [0.15, 0.2) is 36.5 Å².